The molecule has 1 aromatic carbocycles. The van der Waals surface area contributed by atoms with Gasteiger partial charge in [-0.05, 0) is 30.9 Å². The molecule has 4 nitrogen and oxygen atoms in total. The van der Waals surface area contributed by atoms with E-state index in [9.17, 15) is 0 Å². The van der Waals surface area contributed by atoms with Crippen LogP contribution in [0.15, 0.2) is 12.1 Å². The Morgan fingerprint density at radius 3 is 2.67 bits per heavy atom. The molecular weight excluding hydrogens is 230 g/mol. The molecule has 0 aromatic heterocycles. The molecule has 1 aliphatic rings. The van der Waals surface area contributed by atoms with Crippen LogP contribution in [0.5, 0.6) is 17.2 Å². The standard InChI is InChI=1S/C14H21NO3/c1-9(2)5-7-11-10-6-8-12(16-3)14(17-4)13(10)18-15-11/h6,8-9,11,15H,5,7H2,1-4H3. The summed E-state index contributed by atoms with van der Waals surface area (Å²) in [7, 11) is 3.26. The molecule has 1 unspecified atom stereocenters. The average Bonchev–Trinajstić information content (AvgIpc) is 2.78. The zero-order chi connectivity index (χ0) is 13.1. The lowest BCUT2D eigenvalue weighted by atomic mass is 9.98. The summed E-state index contributed by atoms with van der Waals surface area (Å²) in [4.78, 5) is 5.55. The number of hydrogen-bond donors (Lipinski definition) is 1. The average molecular weight is 251 g/mol. The van der Waals surface area contributed by atoms with Crippen LogP contribution in [0.3, 0.4) is 0 Å². The summed E-state index contributed by atoms with van der Waals surface area (Å²) < 4.78 is 10.6. The van der Waals surface area contributed by atoms with Crippen molar-refractivity contribution in [3.63, 3.8) is 0 Å². The minimum absolute atomic E-state index is 0.238. The molecule has 2 rings (SSSR count). The van der Waals surface area contributed by atoms with E-state index in [0.717, 1.165) is 24.2 Å². The Bertz CT molecular complexity index is 418. The Morgan fingerprint density at radius 1 is 1.28 bits per heavy atom. The Kier molecular flexibility index (Phi) is 3.97. The van der Waals surface area contributed by atoms with Crippen LogP contribution < -0.4 is 19.8 Å². The first-order chi connectivity index (χ1) is 8.67. The van der Waals surface area contributed by atoms with Gasteiger partial charge in [0.25, 0.3) is 0 Å². The molecule has 1 aromatic rings. The number of fused-ring (bicyclic) bond motifs is 1. The third-order valence-corrected chi connectivity index (χ3v) is 3.24. The van der Waals surface area contributed by atoms with Gasteiger partial charge < -0.3 is 14.3 Å². The minimum Gasteiger partial charge on any atom is -0.493 e. The van der Waals surface area contributed by atoms with Gasteiger partial charge in [0, 0.05) is 5.56 Å². The molecule has 0 aliphatic carbocycles. The number of benzene rings is 1. The molecule has 18 heavy (non-hydrogen) atoms. The van der Waals surface area contributed by atoms with Crippen LogP contribution in [0, 0.1) is 5.92 Å². The molecule has 1 atom stereocenters. The lowest BCUT2D eigenvalue weighted by Gasteiger charge is -2.12. The van der Waals surface area contributed by atoms with Crippen LogP contribution in [-0.4, -0.2) is 14.2 Å². The maximum atomic E-state index is 5.55. The zero-order valence-electron chi connectivity index (χ0n) is 11.4. The van der Waals surface area contributed by atoms with Crippen LogP contribution in [-0.2, 0) is 0 Å². The van der Waals surface area contributed by atoms with E-state index in [0.29, 0.717) is 17.4 Å². The van der Waals surface area contributed by atoms with Crippen molar-refractivity contribution in [2.24, 2.45) is 5.92 Å². The molecule has 0 saturated heterocycles. The lowest BCUT2D eigenvalue weighted by molar-refractivity contribution is 0.178. The lowest BCUT2D eigenvalue weighted by Crippen LogP contribution is -2.17. The van der Waals surface area contributed by atoms with Crippen LogP contribution >= 0.6 is 0 Å². The highest BCUT2D eigenvalue weighted by atomic mass is 16.7. The van der Waals surface area contributed by atoms with Crippen molar-refractivity contribution >= 4 is 0 Å². The molecule has 0 amide bonds. The zero-order valence-corrected chi connectivity index (χ0v) is 11.4. The second-order valence-electron chi connectivity index (χ2n) is 4.96. The quantitative estimate of drug-likeness (QED) is 0.873. The van der Waals surface area contributed by atoms with Gasteiger partial charge in [-0.1, -0.05) is 13.8 Å². The minimum atomic E-state index is 0.238. The topological polar surface area (TPSA) is 39.7 Å². The Balaban J connectivity index is 2.23. The first kappa shape index (κ1) is 13.0. The molecule has 0 saturated carbocycles. The van der Waals surface area contributed by atoms with Crippen LogP contribution in [0.2, 0.25) is 0 Å². The van der Waals surface area contributed by atoms with Crippen molar-refractivity contribution in [2.45, 2.75) is 32.7 Å². The number of rotatable bonds is 5. The Hall–Kier alpha value is -1.42. The molecule has 1 N–H and O–H groups in total. The van der Waals surface area contributed by atoms with Crippen LogP contribution in [0.25, 0.3) is 0 Å². The number of hydrogen-bond acceptors (Lipinski definition) is 4. The second kappa shape index (κ2) is 5.48. The molecule has 4 heteroatoms. The van der Waals surface area contributed by atoms with Gasteiger partial charge in [0.15, 0.2) is 11.5 Å². The highest BCUT2D eigenvalue weighted by Crippen LogP contribution is 2.45. The van der Waals surface area contributed by atoms with E-state index in [1.54, 1.807) is 14.2 Å². The van der Waals surface area contributed by atoms with Gasteiger partial charge in [-0.25, -0.2) is 0 Å². The van der Waals surface area contributed by atoms with Crippen molar-refractivity contribution in [3.05, 3.63) is 17.7 Å². The van der Waals surface area contributed by atoms with Gasteiger partial charge >= 0.3 is 0 Å². The first-order valence-corrected chi connectivity index (χ1v) is 6.34. The third kappa shape index (κ3) is 2.38. The van der Waals surface area contributed by atoms with Gasteiger partial charge in [0.2, 0.25) is 5.75 Å². The fourth-order valence-electron chi connectivity index (χ4n) is 2.20. The predicted molar refractivity (Wildman–Crippen MR) is 70.1 cm³/mol. The van der Waals surface area contributed by atoms with E-state index in [4.69, 9.17) is 14.3 Å². The summed E-state index contributed by atoms with van der Waals surface area (Å²) >= 11 is 0. The highest BCUT2D eigenvalue weighted by molar-refractivity contribution is 5.57. The molecular formula is C14H21NO3. The summed E-state index contributed by atoms with van der Waals surface area (Å²) in [5.74, 6) is 2.80. The number of ether oxygens (including phenoxy) is 2. The predicted octanol–water partition coefficient (Wildman–Crippen LogP) is 3.08. The van der Waals surface area contributed by atoms with E-state index in [1.165, 1.54) is 0 Å². The van der Waals surface area contributed by atoms with Gasteiger partial charge in [-0.15, -0.1) is 5.48 Å². The van der Waals surface area contributed by atoms with Gasteiger partial charge in [-0.2, -0.15) is 0 Å². The van der Waals surface area contributed by atoms with Gasteiger partial charge in [0.05, 0.1) is 20.3 Å². The Labute approximate surface area is 108 Å². The monoisotopic (exact) mass is 251 g/mol. The van der Waals surface area contributed by atoms with E-state index < -0.39 is 0 Å². The summed E-state index contributed by atoms with van der Waals surface area (Å²) in [6.45, 7) is 4.46. The van der Waals surface area contributed by atoms with Gasteiger partial charge in [0.1, 0.15) is 0 Å². The van der Waals surface area contributed by atoms with Crippen molar-refractivity contribution in [2.75, 3.05) is 14.2 Å². The van der Waals surface area contributed by atoms with Crippen LogP contribution in [0.1, 0.15) is 38.3 Å². The molecule has 0 bridgehead atoms. The first-order valence-electron chi connectivity index (χ1n) is 6.34. The van der Waals surface area contributed by atoms with Crippen LogP contribution in [0.4, 0.5) is 0 Å². The normalized spacial score (nSPS) is 17.5. The van der Waals surface area contributed by atoms with Crippen molar-refractivity contribution in [1.82, 2.24) is 5.48 Å². The number of nitrogens with one attached hydrogen (secondary N) is 1. The van der Waals surface area contributed by atoms with Crippen molar-refractivity contribution < 1.29 is 14.3 Å². The van der Waals surface area contributed by atoms with E-state index in [2.05, 4.69) is 19.3 Å². The van der Waals surface area contributed by atoms with Gasteiger partial charge in [-0.3, -0.25) is 0 Å². The molecule has 0 spiro atoms. The molecule has 1 heterocycles. The maximum Gasteiger partial charge on any atom is 0.206 e. The third-order valence-electron chi connectivity index (χ3n) is 3.24. The molecule has 100 valence electrons. The molecule has 1 aliphatic heterocycles. The molecule has 0 fully saturated rings. The summed E-state index contributed by atoms with van der Waals surface area (Å²) in [5.41, 5.74) is 4.21. The number of methoxy groups -OCH3 is 2. The highest BCUT2D eigenvalue weighted by Gasteiger charge is 2.29. The SMILES string of the molecule is COc1ccc2c(c1OC)ONC2CCC(C)C. The smallest absolute Gasteiger partial charge is 0.206 e. The van der Waals surface area contributed by atoms with E-state index in [1.807, 2.05) is 12.1 Å². The summed E-state index contributed by atoms with van der Waals surface area (Å²) in [6, 6.07) is 4.21. The maximum absolute atomic E-state index is 5.55. The molecule has 0 radical (unpaired) electrons. The largest absolute Gasteiger partial charge is 0.493 e. The summed E-state index contributed by atoms with van der Waals surface area (Å²) in [5, 5.41) is 0. The van der Waals surface area contributed by atoms with Crippen molar-refractivity contribution in [3.8, 4) is 17.2 Å². The fraction of sp³-hybridized carbons (Fsp3) is 0.571. The van der Waals surface area contributed by atoms with Crippen molar-refractivity contribution in [1.29, 1.82) is 0 Å². The fourth-order valence-corrected chi connectivity index (χ4v) is 2.20. The second-order valence-corrected chi connectivity index (χ2v) is 4.96. The summed E-state index contributed by atoms with van der Waals surface area (Å²) in [6.07, 6.45) is 2.22. The Morgan fingerprint density at radius 2 is 2.06 bits per heavy atom. The van der Waals surface area contributed by atoms with E-state index in [-0.39, 0.29) is 6.04 Å². The number of hydroxylamine groups is 1. The van der Waals surface area contributed by atoms with E-state index >= 15 is 0 Å².